The van der Waals surface area contributed by atoms with E-state index in [0.717, 1.165) is 16.6 Å². The second kappa shape index (κ2) is 8.65. The molecular formula is C18H18O2S5. The minimum atomic E-state index is 0.662. The highest BCUT2D eigenvalue weighted by molar-refractivity contribution is 8.38. The lowest BCUT2D eigenvalue weighted by atomic mass is 10.1. The molecule has 0 aliphatic carbocycles. The van der Waals surface area contributed by atoms with Crippen LogP contribution < -0.4 is 0 Å². The molecule has 3 aliphatic heterocycles. The maximum Gasteiger partial charge on any atom is 0.208 e. The highest BCUT2D eigenvalue weighted by atomic mass is 32.2. The van der Waals surface area contributed by atoms with Crippen molar-refractivity contribution in [3.8, 4) is 0 Å². The first kappa shape index (κ1) is 18.2. The Morgan fingerprint density at radius 1 is 0.920 bits per heavy atom. The second-order valence-corrected chi connectivity index (χ2v) is 11.6. The van der Waals surface area contributed by atoms with Crippen molar-refractivity contribution in [2.24, 2.45) is 0 Å². The number of allylic oxidation sites excluding steroid dienone is 1. The fraction of sp³-hybridized carbons (Fsp3) is 0.333. The Hall–Kier alpha value is -0.210. The van der Waals surface area contributed by atoms with Crippen LogP contribution in [0.2, 0.25) is 0 Å². The van der Waals surface area contributed by atoms with E-state index < -0.39 is 0 Å². The average molecular weight is 427 g/mol. The fourth-order valence-corrected chi connectivity index (χ4v) is 9.16. The molecule has 0 unspecified atom stereocenters. The first-order chi connectivity index (χ1) is 12.3. The molecule has 25 heavy (non-hydrogen) atoms. The van der Waals surface area contributed by atoms with Crippen LogP contribution in [0.1, 0.15) is 18.9 Å². The van der Waals surface area contributed by atoms with Crippen LogP contribution in [-0.2, 0) is 15.9 Å². The number of hydrogen-bond donors (Lipinski definition) is 0. The summed E-state index contributed by atoms with van der Waals surface area (Å²) < 4.78 is 15.5. The number of benzene rings is 1. The van der Waals surface area contributed by atoms with Crippen LogP contribution >= 0.6 is 58.8 Å². The van der Waals surface area contributed by atoms with E-state index in [0.29, 0.717) is 13.2 Å². The highest BCUT2D eigenvalue weighted by Crippen LogP contribution is 2.62. The average Bonchev–Trinajstić information content (AvgIpc) is 3.23. The molecular weight excluding hydrogens is 409 g/mol. The lowest BCUT2D eigenvalue weighted by Crippen LogP contribution is -2.08. The summed E-state index contributed by atoms with van der Waals surface area (Å²) in [6.45, 7) is 3.56. The molecule has 0 fully saturated rings. The van der Waals surface area contributed by atoms with Crippen molar-refractivity contribution in [3.05, 3.63) is 63.7 Å². The van der Waals surface area contributed by atoms with Crippen LogP contribution in [0.25, 0.3) is 0 Å². The molecule has 0 bridgehead atoms. The summed E-state index contributed by atoms with van der Waals surface area (Å²) in [5, 5.41) is 1.89. The summed E-state index contributed by atoms with van der Waals surface area (Å²) in [7, 11) is 0. The van der Waals surface area contributed by atoms with Crippen LogP contribution in [0.3, 0.4) is 0 Å². The first-order valence-corrected chi connectivity index (χ1v) is 12.4. The van der Waals surface area contributed by atoms with Gasteiger partial charge in [0.05, 0.1) is 12.7 Å². The van der Waals surface area contributed by atoms with Crippen LogP contribution in [0.4, 0.5) is 0 Å². The van der Waals surface area contributed by atoms with Crippen molar-refractivity contribution in [1.29, 1.82) is 0 Å². The number of hydrogen-bond acceptors (Lipinski definition) is 7. The monoisotopic (exact) mass is 426 g/mol. The molecule has 4 rings (SSSR count). The van der Waals surface area contributed by atoms with Gasteiger partial charge in [0.2, 0.25) is 10.2 Å². The van der Waals surface area contributed by atoms with Gasteiger partial charge in [-0.15, -0.1) is 11.8 Å². The minimum Gasteiger partial charge on any atom is -0.480 e. The molecule has 0 atom stereocenters. The smallest absolute Gasteiger partial charge is 0.208 e. The summed E-state index contributed by atoms with van der Waals surface area (Å²) in [4.78, 5) is 1.42. The van der Waals surface area contributed by atoms with Gasteiger partial charge in [0.15, 0.2) is 0 Å². The minimum absolute atomic E-state index is 0.662. The third-order valence-corrected chi connectivity index (χ3v) is 10.8. The fourth-order valence-electron chi connectivity index (χ4n) is 2.46. The van der Waals surface area contributed by atoms with Gasteiger partial charge >= 0.3 is 0 Å². The van der Waals surface area contributed by atoms with Gasteiger partial charge in [-0.1, -0.05) is 53.9 Å². The van der Waals surface area contributed by atoms with Crippen LogP contribution in [0.5, 0.6) is 0 Å². The molecule has 0 N–H and O–H groups in total. The van der Waals surface area contributed by atoms with Gasteiger partial charge in [-0.2, -0.15) is 0 Å². The van der Waals surface area contributed by atoms with Crippen molar-refractivity contribution in [2.45, 2.75) is 19.8 Å². The van der Waals surface area contributed by atoms with Crippen molar-refractivity contribution < 1.29 is 9.47 Å². The summed E-state index contributed by atoms with van der Waals surface area (Å²) in [5.41, 5.74) is 1.43. The molecule has 3 aliphatic rings. The van der Waals surface area contributed by atoms with Gasteiger partial charge in [0.25, 0.3) is 0 Å². The van der Waals surface area contributed by atoms with E-state index >= 15 is 0 Å². The largest absolute Gasteiger partial charge is 0.480 e. The van der Waals surface area contributed by atoms with Gasteiger partial charge in [0, 0.05) is 4.91 Å². The van der Waals surface area contributed by atoms with E-state index in [1.165, 1.54) is 35.4 Å². The molecule has 2 nitrogen and oxygen atoms in total. The van der Waals surface area contributed by atoms with Crippen LogP contribution in [0, 0.1) is 0 Å². The van der Waals surface area contributed by atoms with Crippen molar-refractivity contribution in [3.63, 3.8) is 0 Å². The number of ether oxygens (including phenoxy) is 2. The Kier molecular flexibility index (Phi) is 6.29. The van der Waals surface area contributed by atoms with Crippen LogP contribution in [0.15, 0.2) is 58.1 Å². The van der Waals surface area contributed by atoms with E-state index in [2.05, 4.69) is 37.3 Å². The third-order valence-electron chi connectivity index (χ3n) is 3.66. The number of aryl methyl sites for hydroxylation is 1. The Balaban J connectivity index is 1.28. The SMILES string of the molecule is CC1=C(SCCCc2ccccc2)SC(=C2SC3=C(OCCO3)S2)S1. The van der Waals surface area contributed by atoms with E-state index in [-0.39, 0.29) is 0 Å². The van der Waals surface area contributed by atoms with E-state index in [4.69, 9.17) is 9.47 Å². The Labute approximate surface area is 170 Å². The Morgan fingerprint density at radius 3 is 2.32 bits per heavy atom. The molecule has 0 radical (unpaired) electrons. The summed E-state index contributed by atoms with van der Waals surface area (Å²) >= 11 is 9.24. The molecule has 0 saturated carbocycles. The van der Waals surface area contributed by atoms with Gasteiger partial charge in [0.1, 0.15) is 13.2 Å². The zero-order chi connectivity index (χ0) is 17.1. The molecule has 1 aromatic carbocycles. The number of thioether (sulfide) groups is 5. The second-order valence-electron chi connectivity index (χ2n) is 5.54. The topological polar surface area (TPSA) is 18.5 Å². The predicted octanol–water partition coefficient (Wildman–Crippen LogP) is 6.80. The summed E-state index contributed by atoms with van der Waals surface area (Å²) in [6, 6.07) is 10.7. The molecule has 1 aromatic rings. The van der Waals surface area contributed by atoms with Crippen LogP contribution in [-0.4, -0.2) is 19.0 Å². The molecule has 7 heteroatoms. The molecule has 132 valence electrons. The summed E-state index contributed by atoms with van der Waals surface area (Å²) in [6.07, 6.45) is 2.37. The lowest BCUT2D eigenvalue weighted by molar-refractivity contribution is 0.0949. The highest BCUT2D eigenvalue weighted by Gasteiger charge is 2.32. The maximum atomic E-state index is 5.69. The van der Waals surface area contributed by atoms with Gasteiger partial charge in [-0.25, -0.2) is 0 Å². The molecule has 3 heterocycles. The normalized spacial score (nSPS) is 20.0. The van der Waals surface area contributed by atoms with Gasteiger partial charge in [-0.05, 0) is 54.6 Å². The molecule has 0 saturated heterocycles. The standard InChI is InChI=1S/C18H18O2S5/c1-12-16(21-11-5-8-13-6-3-2-4-7-13)25-17(22-12)18-23-14-15(24-18)20-10-9-19-14/h2-4,6-7H,5,8-11H2,1H3. The Morgan fingerprint density at radius 2 is 1.60 bits per heavy atom. The first-order valence-electron chi connectivity index (χ1n) is 8.13. The predicted molar refractivity (Wildman–Crippen MR) is 116 cm³/mol. The quantitative estimate of drug-likeness (QED) is 0.476. The van der Waals surface area contributed by atoms with Crippen molar-refractivity contribution in [1.82, 2.24) is 0 Å². The van der Waals surface area contributed by atoms with Crippen molar-refractivity contribution >= 4 is 58.8 Å². The number of rotatable bonds is 5. The molecule has 0 aromatic heterocycles. The van der Waals surface area contributed by atoms with Gasteiger partial charge < -0.3 is 9.47 Å². The van der Waals surface area contributed by atoms with Gasteiger partial charge in [-0.3, -0.25) is 0 Å². The zero-order valence-corrected chi connectivity index (χ0v) is 17.9. The lowest BCUT2D eigenvalue weighted by Gasteiger charge is -2.13. The molecule has 0 spiro atoms. The third kappa shape index (κ3) is 4.56. The maximum absolute atomic E-state index is 5.69. The zero-order valence-electron chi connectivity index (χ0n) is 13.8. The van der Waals surface area contributed by atoms with Crippen molar-refractivity contribution in [2.75, 3.05) is 19.0 Å². The van der Waals surface area contributed by atoms with E-state index in [9.17, 15) is 0 Å². The Bertz CT molecular complexity index is 719. The van der Waals surface area contributed by atoms with E-state index in [1.807, 2.05) is 35.3 Å². The molecule has 0 amide bonds. The van der Waals surface area contributed by atoms with E-state index in [1.54, 1.807) is 23.5 Å². The summed E-state index contributed by atoms with van der Waals surface area (Å²) in [5.74, 6) is 1.17.